The van der Waals surface area contributed by atoms with E-state index < -0.39 is 17.8 Å². The Morgan fingerprint density at radius 2 is 1.42 bits per heavy atom. The summed E-state index contributed by atoms with van der Waals surface area (Å²) in [6, 6.07) is 0. The van der Waals surface area contributed by atoms with Crippen molar-refractivity contribution in [3.63, 3.8) is 0 Å². The van der Waals surface area contributed by atoms with Crippen molar-refractivity contribution >= 4 is 17.8 Å². The molecular weight excluding hydrogens is 180 g/mol. The molecule has 0 heterocycles. The van der Waals surface area contributed by atoms with E-state index in [1.165, 1.54) is 12.8 Å². The Morgan fingerprint density at radius 3 is 1.50 bits per heavy atom. The van der Waals surface area contributed by atoms with E-state index in [1.807, 2.05) is 0 Å². The third-order valence-corrected chi connectivity index (χ3v) is 6.99. The van der Waals surface area contributed by atoms with E-state index >= 15 is 0 Å². The van der Waals surface area contributed by atoms with Gasteiger partial charge in [0.25, 0.3) is 0 Å². The first-order valence-corrected chi connectivity index (χ1v) is 10.8. The summed E-state index contributed by atoms with van der Waals surface area (Å²) >= 11 is 0. The summed E-state index contributed by atoms with van der Waals surface area (Å²) in [4.78, 5) is 0. The highest BCUT2D eigenvalue weighted by Gasteiger charge is 2.32. The van der Waals surface area contributed by atoms with E-state index in [0.717, 1.165) is 0 Å². The Hall–Kier alpha value is 0.394. The van der Waals surface area contributed by atoms with Crippen LogP contribution in [0.25, 0.3) is 0 Å². The van der Waals surface area contributed by atoms with Gasteiger partial charge in [0.1, 0.15) is 0 Å². The van der Waals surface area contributed by atoms with Crippen LogP contribution in [0.2, 0.25) is 26.2 Å². The summed E-state index contributed by atoms with van der Waals surface area (Å²) in [6.07, 6.45) is 2.41. The summed E-state index contributed by atoms with van der Waals surface area (Å²) in [5, 5.41) is 0.306. The molecule has 12 heavy (non-hydrogen) atoms. The zero-order valence-electron chi connectivity index (χ0n) is 9.48. The van der Waals surface area contributed by atoms with E-state index in [-0.39, 0.29) is 0 Å². The molecule has 0 aromatic carbocycles. The van der Waals surface area contributed by atoms with Gasteiger partial charge in [0.15, 0.2) is 9.04 Å². The molecule has 0 bridgehead atoms. The SMILES string of the molecule is CCC(CC)(O[SiH](C)C)[SiH](C)C. The largest absolute Gasteiger partial charge is 0.418 e. The molecule has 3 heteroatoms. The fourth-order valence-corrected chi connectivity index (χ4v) is 6.65. The van der Waals surface area contributed by atoms with Crippen molar-refractivity contribution in [3.8, 4) is 0 Å². The molecule has 0 amide bonds. The fourth-order valence-electron chi connectivity index (χ4n) is 1.84. The lowest BCUT2D eigenvalue weighted by Gasteiger charge is -2.37. The zero-order valence-corrected chi connectivity index (χ0v) is 11.8. The van der Waals surface area contributed by atoms with Gasteiger partial charge < -0.3 is 4.43 Å². The number of rotatable bonds is 5. The summed E-state index contributed by atoms with van der Waals surface area (Å²) in [6.45, 7) is 13.9. The molecule has 0 radical (unpaired) electrons. The molecule has 1 nitrogen and oxygen atoms in total. The molecule has 0 atom stereocenters. The van der Waals surface area contributed by atoms with Crippen molar-refractivity contribution in [1.82, 2.24) is 0 Å². The van der Waals surface area contributed by atoms with Crippen LogP contribution >= 0.6 is 0 Å². The Bertz CT molecular complexity index is 120. The lowest BCUT2D eigenvalue weighted by Crippen LogP contribution is -2.46. The minimum absolute atomic E-state index is 0.306. The van der Waals surface area contributed by atoms with Gasteiger partial charge in [0.2, 0.25) is 0 Å². The maximum absolute atomic E-state index is 6.20. The highest BCUT2D eigenvalue weighted by molar-refractivity contribution is 6.61. The molecule has 0 N–H and O–H groups in total. The highest BCUT2D eigenvalue weighted by atomic mass is 28.3. The lowest BCUT2D eigenvalue weighted by molar-refractivity contribution is 0.140. The molecule has 0 aliphatic carbocycles. The Kier molecular flexibility index (Phi) is 5.36. The molecular formula is C9H24OSi2. The normalized spacial score (nSPS) is 13.0. The molecule has 0 aromatic rings. The van der Waals surface area contributed by atoms with E-state index in [1.54, 1.807) is 0 Å². The Labute approximate surface area is 80.9 Å². The van der Waals surface area contributed by atoms with Gasteiger partial charge in [-0.1, -0.05) is 26.9 Å². The predicted molar refractivity (Wildman–Crippen MR) is 62.2 cm³/mol. The van der Waals surface area contributed by atoms with Crippen LogP contribution in [0, 0.1) is 0 Å². The first kappa shape index (κ1) is 12.4. The Balaban J connectivity index is 4.35. The van der Waals surface area contributed by atoms with Crippen LogP contribution in [0.15, 0.2) is 0 Å². The minimum atomic E-state index is -0.852. The van der Waals surface area contributed by atoms with Gasteiger partial charge in [-0.2, -0.15) is 0 Å². The topological polar surface area (TPSA) is 9.23 Å². The smallest absolute Gasteiger partial charge is 0.171 e. The van der Waals surface area contributed by atoms with Crippen molar-refractivity contribution in [1.29, 1.82) is 0 Å². The quantitative estimate of drug-likeness (QED) is 0.626. The van der Waals surface area contributed by atoms with E-state index in [4.69, 9.17) is 4.43 Å². The molecule has 0 unspecified atom stereocenters. The van der Waals surface area contributed by atoms with Crippen LogP contribution in [0.5, 0.6) is 0 Å². The molecule has 0 fully saturated rings. The van der Waals surface area contributed by atoms with E-state index in [9.17, 15) is 0 Å². The van der Waals surface area contributed by atoms with Gasteiger partial charge in [-0.05, 0) is 25.9 Å². The molecule has 0 saturated carbocycles. The van der Waals surface area contributed by atoms with Crippen LogP contribution in [-0.4, -0.2) is 23.1 Å². The molecule has 0 aliphatic rings. The van der Waals surface area contributed by atoms with Crippen molar-refractivity contribution in [2.45, 2.75) is 58.1 Å². The van der Waals surface area contributed by atoms with Crippen molar-refractivity contribution in [2.75, 3.05) is 0 Å². The van der Waals surface area contributed by atoms with Crippen LogP contribution in [0.1, 0.15) is 26.7 Å². The third kappa shape index (κ3) is 3.03. The standard InChI is InChI=1S/C9H24OSi2/c1-7-9(8-2,11(3)4)10-12(5)6/h11-12H,7-8H2,1-6H3. The summed E-state index contributed by atoms with van der Waals surface area (Å²) in [5.74, 6) is 0. The maximum atomic E-state index is 6.20. The first-order chi connectivity index (χ1) is 5.48. The molecule has 74 valence electrons. The molecule has 0 saturated heterocycles. The van der Waals surface area contributed by atoms with Gasteiger partial charge in [-0.25, -0.2) is 0 Å². The second kappa shape index (κ2) is 5.19. The van der Waals surface area contributed by atoms with E-state index in [2.05, 4.69) is 40.0 Å². The van der Waals surface area contributed by atoms with Crippen molar-refractivity contribution in [2.24, 2.45) is 0 Å². The van der Waals surface area contributed by atoms with Gasteiger partial charge >= 0.3 is 0 Å². The molecule has 0 spiro atoms. The molecule has 0 aliphatic heterocycles. The van der Waals surface area contributed by atoms with Gasteiger partial charge in [0.05, 0.1) is 8.80 Å². The zero-order chi connectivity index (χ0) is 9.78. The lowest BCUT2D eigenvalue weighted by atomic mass is 10.2. The predicted octanol–water partition coefficient (Wildman–Crippen LogP) is 2.57. The second-order valence-corrected chi connectivity index (χ2v) is 9.79. The monoisotopic (exact) mass is 204 g/mol. The number of hydrogen-bond acceptors (Lipinski definition) is 1. The Morgan fingerprint density at radius 1 is 1.00 bits per heavy atom. The summed E-state index contributed by atoms with van der Waals surface area (Å²) < 4.78 is 6.20. The average molecular weight is 204 g/mol. The summed E-state index contributed by atoms with van der Waals surface area (Å²) in [5.41, 5.74) is 0. The van der Waals surface area contributed by atoms with Gasteiger partial charge in [-0.3, -0.25) is 0 Å². The van der Waals surface area contributed by atoms with Crippen molar-refractivity contribution in [3.05, 3.63) is 0 Å². The number of hydrogen-bond donors (Lipinski definition) is 0. The van der Waals surface area contributed by atoms with Crippen LogP contribution in [-0.2, 0) is 4.43 Å². The fraction of sp³-hybridized carbons (Fsp3) is 1.00. The maximum Gasteiger partial charge on any atom is 0.171 e. The summed E-state index contributed by atoms with van der Waals surface area (Å²) in [7, 11) is -1.52. The van der Waals surface area contributed by atoms with Gasteiger partial charge in [-0.15, -0.1) is 0 Å². The third-order valence-electron chi connectivity index (χ3n) is 2.72. The van der Waals surface area contributed by atoms with E-state index in [0.29, 0.717) is 5.22 Å². The highest BCUT2D eigenvalue weighted by Crippen LogP contribution is 2.24. The average Bonchev–Trinajstić information content (AvgIpc) is 1.99. The molecule has 0 rings (SSSR count). The first-order valence-electron chi connectivity index (χ1n) is 5.16. The van der Waals surface area contributed by atoms with Crippen molar-refractivity contribution < 1.29 is 4.43 Å². The minimum Gasteiger partial charge on any atom is -0.418 e. The van der Waals surface area contributed by atoms with Gasteiger partial charge in [0, 0.05) is 5.22 Å². The van der Waals surface area contributed by atoms with Crippen LogP contribution < -0.4 is 0 Å². The second-order valence-electron chi connectivity index (χ2n) is 4.09. The van der Waals surface area contributed by atoms with Crippen LogP contribution in [0.3, 0.4) is 0 Å². The van der Waals surface area contributed by atoms with Crippen LogP contribution in [0.4, 0.5) is 0 Å². The molecule has 0 aromatic heterocycles.